The summed E-state index contributed by atoms with van der Waals surface area (Å²) in [6, 6.07) is 9.14. The zero-order valence-electron chi connectivity index (χ0n) is 12.3. The Morgan fingerprint density at radius 3 is 2.71 bits per heavy atom. The average molecular weight is 288 g/mol. The number of amides is 1. The summed E-state index contributed by atoms with van der Waals surface area (Å²) >= 11 is 0. The number of aromatic nitrogens is 1. The molecule has 2 aromatic rings. The van der Waals surface area contributed by atoms with E-state index in [-0.39, 0.29) is 24.6 Å². The van der Waals surface area contributed by atoms with Crippen molar-refractivity contribution >= 4 is 16.7 Å². The molecule has 0 unspecified atom stereocenters. The van der Waals surface area contributed by atoms with Gasteiger partial charge in [0, 0.05) is 24.7 Å². The third-order valence-corrected chi connectivity index (χ3v) is 3.41. The standard InChI is InChI=1S/C16H20N2O3/c1-3-17(10-12(2)19)15(20)11-18-9-8-13-6-4-5-7-14(13)16(18)21/h4-9,12,19H,3,10-11H2,1-2H3/t12-/m1/s1. The number of pyridine rings is 1. The van der Waals surface area contributed by atoms with Gasteiger partial charge in [-0.2, -0.15) is 0 Å². The normalized spacial score (nSPS) is 12.3. The van der Waals surface area contributed by atoms with E-state index in [1.54, 1.807) is 24.1 Å². The molecule has 0 aliphatic heterocycles. The highest BCUT2D eigenvalue weighted by Gasteiger charge is 2.15. The van der Waals surface area contributed by atoms with Crippen molar-refractivity contribution in [3.8, 4) is 0 Å². The van der Waals surface area contributed by atoms with Crippen molar-refractivity contribution in [3.05, 3.63) is 46.9 Å². The van der Waals surface area contributed by atoms with E-state index >= 15 is 0 Å². The van der Waals surface area contributed by atoms with Gasteiger partial charge in [-0.05, 0) is 31.4 Å². The van der Waals surface area contributed by atoms with Gasteiger partial charge in [-0.1, -0.05) is 18.2 Å². The maximum atomic E-state index is 12.3. The Kier molecular flexibility index (Phi) is 4.75. The van der Waals surface area contributed by atoms with Gasteiger partial charge >= 0.3 is 0 Å². The predicted octanol–water partition coefficient (Wildman–Crippen LogP) is 1.23. The molecule has 1 aromatic heterocycles. The topological polar surface area (TPSA) is 62.5 Å². The number of aliphatic hydroxyl groups is 1. The summed E-state index contributed by atoms with van der Waals surface area (Å²) in [5, 5.41) is 10.9. The number of nitrogens with zero attached hydrogens (tertiary/aromatic N) is 2. The van der Waals surface area contributed by atoms with Crippen LogP contribution >= 0.6 is 0 Å². The number of hydrogen-bond donors (Lipinski definition) is 1. The Morgan fingerprint density at radius 1 is 1.33 bits per heavy atom. The summed E-state index contributed by atoms with van der Waals surface area (Å²) < 4.78 is 1.41. The second-order valence-electron chi connectivity index (χ2n) is 5.12. The smallest absolute Gasteiger partial charge is 0.258 e. The van der Waals surface area contributed by atoms with Crippen LogP contribution in [0.5, 0.6) is 0 Å². The highest BCUT2D eigenvalue weighted by atomic mass is 16.3. The maximum absolute atomic E-state index is 12.3. The average Bonchev–Trinajstić information content (AvgIpc) is 2.47. The van der Waals surface area contributed by atoms with E-state index < -0.39 is 6.10 Å². The molecule has 1 amide bonds. The Labute approximate surface area is 123 Å². The summed E-state index contributed by atoms with van der Waals surface area (Å²) in [4.78, 5) is 26.1. The van der Waals surface area contributed by atoms with E-state index in [0.29, 0.717) is 11.9 Å². The number of likely N-dealkylation sites (N-methyl/N-ethyl adjacent to an activating group) is 1. The fourth-order valence-corrected chi connectivity index (χ4v) is 2.33. The predicted molar refractivity (Wildman–Crippen MR) is 82.1 cm³/mol. The van der Waals surface area contributed by atoms with E-state index in [1.165, 1.54) is 4.57 Å². The van der Waals surface area contributed by atoms with Crippen LogP contribution < -0.4 is 5.56 Å². The van der Waals surface area contributed by atoms with Crippen molar-refractivity contribution in [1.29, 1.82) is 0 Å². The lowest BCUT2D eigenvalue weighted by atomic mass is 10.2. The lowest BCUT2D eigenvalue weighted by molar-refractivity contribution is -0.132. The van der Waals surface area contributed by atoms with Gasteiger partial charge < -0.3 is 14.6 Å². The van der Waals surface area contributed by atoms with Crippen molar-refractivity contribution in [3.63, 3.8) is 0 Å². The Bertz CT molecular complexity index is 691. The molecule has 0 fully saturated rings. The first-order chi connectivity index (χ1) is 10.0. The fourth-order valence-electron chi connectivity index (χ4n) is 2.33. The molecule has 2 rings (SSSR count). The van der Waals surface area contributed by atoms with Gasteiger partial charge in [0.1, 0.15) is 6.54 Å². The van der Waals surface area contributed by atoms with Gasteiger partial charge in [0.2, 0.25) is 5.91 Å². The van der Waals surface area contributed by atoms with Crippen LogP contribution in [0.15, 0.2) is 41.3 Å². The quantitative estimate of drug-likeness (QED) is 0.900. The molecule has 0 aliphatic carbocycles. The Hall–Kier alpha value is -2.14. The number of fused-ring (bicyclic) bond motifs is 1. The molecule has 0 spiro atoms. The van der Waals surface area contributed by atoms with Crippen LogP contribution in [-0.4, -0.2) is 39.7 Å². The van der Waals surface area contributed by atoms with Gasteiger partial charge in [-0.3, -0.25) is 9.59 Å². The molecular formula is C16H20N2O3. The number of carbonyl (C=O) groups is 1. The molecule has 21 heavy (non-hydrogen) atoms. The van der Waals surface area contributed by atoms with E-state index in [4.69, 9.17) is 0 Å². The maximum Gasteiger partial charge on any atom is 0.258 e. The third-order valence-electron chi connectivity index (χ3n) is 3.41. The van der Waals surface area contributed by atoms with Crippen LogP contribution in [0.3, 0.4) is 0 Å². The highest BCUT2D eigenvalue weighted by molar-refractivity contribution is 5.82. The molecule has 1 heterocycles. The minimum atomic E-state index is -0.581. The largest absolute Gasteiger partial charge is 0.392 e. The van der Waals surface area contributed by atoms with Crippen LogP contribution in [0.2, 0.25) is 0 Å². The number of rotatable bonds is 5. The molecular weight excluding hydrogens is 268 g/mol. The second kappa shape index (κ2) is 6.54. The summed E-state index contributed by atoms with van der Waals surface area (Å²) in [5.41, 5.74) is -0.172. The van der Waals surface area contributed by atoms with E-state index in [2.05, 4.69) is 0 Å². The fraction of sp³-hybridized carbons (Fsp3) is 0.375. The number of carbonyl (C=O) groups excluding carboxylic acids is 1. The van der Waals surface area contributed by atoms with Gasteiger partial charge in [-0.15, -0.1) is 0 Å². The van der Waals surface area contributed by atoms with Gasteiger partial charge in [-0.25, -0.2) is 0 Å². The molecule has 1 aromatic carbocycles. The minimum absolute atomic E-state index is 0.00969. The highest BCUT2D eigenvalue weighted by Crippen LogP contribution is 2.08. The van der Waals surface area contributed by atoms with E-state index in [9.17, 15) is 14.7 Å². The number of aliphatic hydroxyl groups excluding tert-OH is 1. The first kappa shape index (κ1) is 15.3. The van der Waals surface area contributed by atoms with Crippen molar-refractivity contribution in [2.24, 2.45) is 0 Å². The van der Waals surface area contributed by atoms with Crippen molar-refractivity contribution < 1.29 is 9.90 Å². The van der Waals surface area contributed by atoms with Gasteiger partial charge in [0.05, 0.1) is 6.10 Å². The molecule has 0 bridgehead atoms. The SMILES string of the molecule is CCN(C[C@@H](C)O)C(=O)Cn1ccc2ccccc2c1=O. The molecule has 0 saturated heterocycles. The summed E-state index contributed by atoms with van der Waals surface area (Å²) in [7, 11) is 0. The number of benzene rings is 1. The van der Waals surface area contributed by atoms with Crippen LogP contribution in [0.1, 0.15) is 13.8 Å². The monoisotopic (exact) mass is 288 g/mol. The first-order valence-corrected chi connectivity index (χ1v) is 7.07. The molecule has 0 aliphatic rings. The lowest BCUT2D eigenvalue weighted by Crippen LogP contribution is -2.40. The lowest BCUT2D eigenvalue weighted by Gasteiger charge is -2.22. The van der Waals surface area contributed by atoms with Gasteiger partial charge in [0.15, 0.2) is 0 Å². The third kappa shape index (κ3) is 3.49. The summed E-state index contributed by atoms with van der Waals surface area (Å²) in [6.07, 6.45) is 1.06. The zero-order valence-corrected chi connectivity index (χ0v) is 12.3. The van der Waals surface area contributed by atoms with Crippen LogP contribution in [0, 0.1) is 0 Å². The van der Waals surface area contributed by atoms with Crippen molar-refractivity contribution in [1.82, 2.24) is 9.47 Å². The van der Waals surface area contributed by atoms with Crippen molar-refractivity contribution in [2.45, 2.75) is 26.5 Å². The minimum Gasteiger partial charge on any atom is -0.392 e. The summed E-state index contributed by atoms with van der Waals surface area (Å²) in [6.45, 7) is 4.26. The second-order valence-corrected chi connectivity index (χ2v) is 5.12. The Morgan fingerprint density at radius 2 is 2.05 bits per heavy atom. The molecule has 1 atom stereocenters. The number of hydrogen-bond acceptors (Lipinski definition) is 3. The molecule has 5 nitrogen and oxygen atoms in total. The van der Waals surface area contributed by atoms with Gasteiger partial charge in [0.25, 0.3) is 5.56 Å². The Balaban J connectivity index is 2.25. The molecule has 112 valence electrons. The molecule has 1 N–H and O–H groups in total. The van der Waals surface area contributed by atoms with Crippen LogP contribution in [0.25, 0.3) is 10.8 Å². The first-order valence-electron chi connectivity index (χ1n) is 7.07. The van der Waals surface area contributed by atoms with Crippen LogP contribution in [0.4, 0.5) is 0 Å². The molecule has 0 radical (unpaired) electrons. The molecule has 0 saturated carbocycles. The van der Waals surface area contributed by atoms with Crippen LogP contribution in [-0.2, 0) is 11.3 Å². The van der Waals surface area contributed by atoms with Crippen molar-refractivity contribution in [2.75, 3.05) is 13.1 Å². The van der Waals surface area contributed by atoms with E-state index in [1.807, 2.05) is 31.2 Å². The van der Waals surface area contributed by atoms with E-state index in [0.717, 1.165) is 5.39 Å². The molecule has 5 heteroatoms. The summed E-state index contributed by atoms with van der Waals surface area (Å²) in [5.74, 6) is -0.171. The zero-order chi connectivity index (χ0) is 15.4.